The van der Waals surface area contributed by atoms with Crippen LogP contribution in [0.15, 0.2) is 55.0 Å². The van der Waals surface area contributed by atoms with E-state index in [2.05, 4.69) is 48.7 Å². The Morgan fingerprint density at radius 3 is 2.80 bits per heavy atom. The lowest BCUT2D eigenvalue weighted by Gasteiger charge is -2.23. The van der Waals surface area contributed by atoms with Crippen LogP contribution in [0, 0.1) is 0 Å². The minimum atomic E-state index is 0.591. The Morgan fingerprint density at radius 2 is 1.93 bits per heavy atom. The second kappa shape index (κ2) is 7.03. The summed E-state index contributed by atoms with van der Waals surface area (Å²) < 4.78 is 0. The van der Waals surface area contributed by atoms with Crippen LogP contribution < -0.4 is 5.32 Å². The Morgan fingerprint density at radius 1 is 1.00 bits per heavy atom. The van der Waals surface area contributed by atoms with Crippen molar-refractivity contribution >= 4 is 22.1 Å². The van der Waals surface area contributed by atoms with E-state index in [1.54, 1.807) is 12.4 Å². The van der Waals surface area contributed by atoms with E-state index < -0.39 is 0 Å². The van der Waals surface area contributed by atoms with Gasteiger partial charge in [0, 0.05) is 35.1 Å². The van der Waals surface area contributed by atoms with Gasteiger partial charge in [-0.3, -0.25) is 10.1 Å². The first-order valence-electron chi connectivity index (χ1n) is 10.3. The van der Waals surface area contributed by atoms with E-state index in [-0.39, 0.29) is 0 Å². The van der Waals surface area contributed by atoms with E-state index in [1.165, 1.54) is 18.4 Å². The molecule has 3 N–H and O–H groups in total. The number of nitrogens with one attached hydrogen (secondary N) is 3. The quantitative estimate of drug-likeness (QED) is 0.429. The molecule has 1 aliphatic rings. The molecule has 1 aliphatic heterocycles. The second-order valence-corrected chi connectivity index (χ2v) is 7.79. The zero-order valence-electron chi connectivity index (χ0n) is 16.4. The Hall–Kier alpha value is -3.58. The van der Waals surface area contributed by atoms with Crippen molar-refractivity contribution in [1.29, 1.82) is 0 Å². The van der Waals surface area contributed by atoms with Crippen LogP contribution in [0.1, 0.15) is 24.3 Å². The summed E-state index contributed by atoms with van der Waals surface area (Å²) in [5, 5.41) is 12.3. The van der Waals surface area contributed by atoms with Gasteiger partial charge in [0.1, 0.15) is 5.69 Å². The van der Waals surface area contributed by atoms with Gasteiger partial charge in [-0.15, -0.1) is 0 Å². The van der Waals surface area contributed by atoms with E-state index in [0.717, 1.165) is 52.2 Å². The number of H-pyrrole nitrogens is 2. The number of rotatable bonds is 3. The van der Waals surface area contributed by atoms with E-state index in [4.69, 9.17) is 4.98 Å². The molecule has 0 aliphatic carbocycles. The molecule has 0 atom stereocenters. The lowest BCUT2D eigenvalue weighted by atomic mass is 9.89. The molecule has 7 nitrogen and oxygen atoms in total. The fraction of sp³-hybridized carbons (Fsp3) is 0.217. The Balaban J connectivity index is 1.47. The summed E-state index contributed by atoms with van der Waals surface area (Å²) in [6.45, 7) is 2.15. The number of hydrogen-bond acceptors (Lipinski definition) is 5. The predicted octanol–water partition coefficient (Wildman–Crippen LogP) is 4.03. The van der Waals surface area contributed by atoms with Gasteiger partial charge < -0.3 is 10.3 Å². The number of piperidine rings is 1. The number of aromatic amines is 2. The standard InChI is InChI=1S/C23H21N7/c1-2-16(13-25-8-1)17-7-11-26-22-20(17)27-23(28-22)21-18-12-15(3-4-19(18)29-30-21)14-5-9-24-10-6-14/h1-4,7-8,11-14,24H,5-6,9-10H2,(H,29,30)(H,26,27,28). The molecule has 6 rings (SSSR count). The molecule has 7 heteroatoms. The zero-order valence-corrected chi connectivity index (χ0v) is 16.4. The second-order valence-electron chi connectivity index (χ2n) is 7.79. The largest absolute Gasteiger partial charge is 0.335 e. The predicted molar refractivity (Wildman–Crippen MR) is 117 cm³/mol. The summed E-state index contributed by atoms with van der Waals surface area (Å²) in [5.41, 5.74) is 6.85. The number of imidazole rings is 1. The molecular weight excluding hydrogens is 374 g/mol. The molecule has 0 spiro atoms. The average molecular weight is 395 g/mol. The third-order valence-corrected chi connectivity index (χ3v) is 5.99. The maximum absolute atomic E-state index is 4.75. The minimum absolute atomic E-state index is 0.591. The van der Waals surface area contributed by atoms with Crippen LogP contribution in [0.5, 0.6) is 0 Å². The highest BCUT2D eigenvalue weighted by atomic mass is 15.1. The summed E-state index contributed by atoms with van der Waals surface area (Å²) >= 11 is 0. The first kappa shape index (κ1) is 17.3. The van der Waals surface area contributed by atoms with Crippen molar-refractivity contribution in [2.75, 3.05) is 13.1 Å². The number of nitrogens with zero attached hydrogens (tertiary/aromatic N) is 4. The Kier molecular flexibility index (Phi) is 4.06. The zero-order chi connectivity index (χ0) is 19.9. The molecule has 5 heterocycles. The Bertz CT molecular complexity index is 1330. The number of fused-ring (bicyclic) bond motifs is 2. The van der Waals surface area contributed by atoms with Crippen molar-refractivity contribution in [3.05, 3.63) is 60.6 Å². The van der Waals surface area contributed by atoms with E-state index in [1.807, 2.05) is 24.4 Å². The molecule has 148 valence electrons. The van der Waals surface area contributed by atoms with Crippen LogP contribution >= 0.6 is 0 Å². The lowest BCUT2D eigenvalue weighted by Crippen LogP contribution is -2.26. The van der Waals surface area contributed by atoms with Gasteiger partial charge in [0.05, 0.1) is 11.0 Å². The molecule has 30 heavy (non-hydrogen) atoms. The monoisotopic (exact) mass is 395 g/mol. The van der Waals surface area contributed by atoms with Crippen LogP contribution in [-0.4, -0.2) is 43.2 Å². The molecule has 0 bridgehead atoms. The minimum Gasteiger partial charge on any atom is -0.335 e. The summed E-state index contributed by atoms with van der Waals surface area (Å²) in [5.74, 6) is 1.32. The molecule has 0 radical (unpaired) electrons. The third-order valence-electron chi connectivity index (χ3n) is 5.99. The number of hydrogen-bond donors (Lipinski definition) is 3. The van der Waals surface area contributed by atoms with Gasteiger partial charge in [0.2, 0.25) is 0 Å². The first-order valence-corrected chi connectivity index (χ1v) is 10.3. The highest BCUT2D eigenvalue weighted by Gasteiger charge is 2.19. The number of benzene rings is 1. The average Bonchev–Trinajstić information content (AvgIpc) is 3.43. The summed E-state index contributed by atoms with van der Waals surface area (Å²) in [7, 11) is 0. The summed E-state index contributed by atoms with van der Waals surface area (Å²) in [6.07, 6.45) is 7.75. The van der Waals surface area contributed by atoms with E-state index in [0.29, 0.717) is 11.6 Å². The topological polar surface area (TPSA) is 95.2 Å². The summed E-state index contributed by atoms with van der Waals surface area (Å²) in [4.78, 5) is 16.9. The molecule has 0 saturated carbocycles. The van der Waals surface area contributed by atoms with Gasteiger partial charge in [-0.2, -0.15) is 5.10 Å². The molecule has 1 aromatic carbocycles. The molecular formula is C23H21N7. The van der Waals surface area contributed by atoms with Crippen molar-refractivity contribution in [3.63, 3.8) is 0 Å². The third kappa shape index (κ3) is 2.86. The van der Waals surface area contributed by atoms with Gasteiger partial charge in [-0.05, 0) is 61.7 Å². The fourth-order valence-corrected chi connectivity index (χ4v) is 4.41. The molecule has 5 aromatic rings. The van der Waals surface area contributed by atoms with Crippen LogP contribution in [0.4, 0.5) is 0 Å². The number of pyridine rings is 2. The van der Waals surface area contributed by atoms with Gasteiger partial charge in [0.25, 0.3) is 0 Å². The van der Waals surface area contributed by atoms with Gasteiger partial charge in [-0.25, -0.2) is 9.97 Å². The molecule has 0 unspecified atom stereocenters. The maximum Gasteiger partial charge on any atom is 0.178 e. The van der Waals surface area contributed by atoms with E-state index in [9.17, 15) is 0 Å². The SMILES string of the molecule is c1cncc(-c2ccnc3nc(-c4n[nH]c5ccc(C6CCNCC6)cc45)[nH]c23)c1. The van der Waals surface area contributed by atoms with Crippen molar-refractivity contribution in [2.45, 2.75) is 18.8 Å². The smallest absolute Gasteiger partial charge is 0.178 e. The molecule has 1 fully saturated rings. The highest BCUT2D eigenvalue weighted by Crippen LogP contribution is 2.33. The van der Waals surface area contributed by atoms with E-state index >= 15 is 0 Å². The van der Waals surface area contributed by atoms with Crippen LogP contribution in [0.25, 0.3) is 44.7 Å². The number of aromatic nitrogens is 6. The van der Waals surface area contributed by atoms with Gasteiger partial charge in [-0.1, -0.05) is 12.1 Å². The lowest BCUT2D eigenvalue weighted by molar-refractivity contribution is 0.460. The molecule has 1 saturated heterocycles. The normalized spacial score (nSPS) is 15.2. The van der Waals surface area contributed by atoms with Crippen molar-refractivity contribution in [1.82, 2.24) is 35.5 Å². The highest BCUT2D eigenvalue weighted by molar-refractivity contribution is 5.96. The summed E-state index contributed by atoms with van der Waals surface area (Å²) in [6, 6.07) is 12.6. The van der Waals surface area contributed by atoms with Gasteiger partial charge >= 0.3 is 0 Å². The Labute approximate surface area is 173 Å². The van der Waals surface area contributed by atoms with Crippen LogP contribution in [-0.2, 0) is 0 Å². The van der Waals surface area contributed by atoms with Crippen LogP contribution in [0.3, 0.4) is 0 Å². The molecule has 0 amide bonds. The molecule has 4 aromatic heterocycles. The van der Waals surface area contributed by atoms with Crippen LogP contribution in [0.2, 0.25) is 0 Å². The van der Waals surface area contributed by atoms with Crippen molar-refractivity contribution in [3.8, 4) is 22.6 Å². The maximum atomic E-state index is 4.75. The van der Waals surface area contributed by atoms with Crippen molar-refractivity contribution < 1.29 is 0 Å². The van der Waals surface area contributed by atoms with Crippen molar-refractivity contribution in [2.24, 2.45) is 0 Å². The first-order chi connectivity index (χ1) is 14.9. The van der Waals surface area contributed by atoms with Gasteiger partial charge in [0.15, 0.2) is 11.5 Å². The fourth-order valence-electron chi connectivity index (χ4n) is 4.41.